The lowest BCUT2D eigenvalue weighted by molar-refractivity contribution is 0.217. The Labute approximate surface area is 154 Å². The third kappa shape index (κ3) is 5.72. The minimum absolute atomic E-state index is 0. The van der Waals surface area contributed by atoms with Crippen LogP contribution in [0.1, 0.15) is 18.4 Å². The molecule has 0 bridgehead atoms. The maximum absolute atomic E-state index is 9.23. The average Bonchev–Trinajstić information content (AvgIpc) is 3.33. The Morgan fingerprint density at radius 2 is 2.00 bits per heavy atom. The van der Waals surface area contributed by atoms with Crippen molar-refractivity contribution in [2.24, 2.45) is 16.1 Å². The predicted molar refractivity (Wildman–Crippen MR) is 102 cm³/mol. The second-order valence-electron chi connectivity index (χ2n) is 5.73. The Bertz CT molecular complexity index is 533. The van der Waals surface area contributed by atoms with E-state index in [-0.39, 0.29) is 36.0 Å². The fourth-order valence-corrected chi connectivity index (χ4v) is 2.22. The Kier molecular flexibility index (Phi) is 7.90. The van der Waals surface area contributed by atoms with Crippen LogP contribution in [-0.4, -0.2) is 45.0 Å². The number of hydrogen-bond donors (Lipinski definition) is 3. The molecule has 4 N–H and O–H groups in total. The largest absolute Gasteiger partial charge is 0.493 e. The molecule has 0 radical (unpaired) electrons. The van der Waals surface area contributed by atoms with Gasteiger partial charge in [-0.2, -0.15) is 0 Å². The molecule has 23 heavy (non-hydrogen) atoms. The SMILES string of the molecule is COc1ccc(CCNC(N)=NCC2(CO)CC2)cc1OC.I. The first kappa shape index (κ1) is 19.8. The van der Waals surface area contributed by atoms with Gasteiger partial charge in [0.1, 0.15) is 0 Å². The molecule has 6 nitrogen and oxygen atoms in total. The number of hydrogen-bond acceptors (Lipinski definition) is 4. The van der Waals surface area contributed by atoms with Gasteiger partial charge in [-0.15, -0.1) is 24.0 Å². The highest BCUT2D eigenvalue weighted by Crippen LogP contribution is 2.45. The molecule has 0 atom stereocenters. The molecule has 1 aromatic rings. The van der Waals surface area contributed by atoms with Crippen LogP contribution in [0.15, 0.2) is 23.2 Å². The lowest BCUT2D eigenvalue weighted by Crippen LogP contribution is -2.34. The van der Waals surface area contributed by atoms with Gasteiger partial charge in [-0.05, 0) is 37.0 Å². The Morgan fingerprint density at radius 3 is 2.57 bits per heavy atom. The second-order valence-corrected chi connectivity index (χ2v) is 5.73. The van der Waals surface area contributed by atoms with E-state index < -0.39 is 0 Å². The fraction of sp³-hybridized carbons (Fsp3) is 0.562. The van der Waals surface area contributed by atoms with Gasteiger partial charge in [-0.25, -0.2) is 0 Å². The van der Waals surface area contributed by atoms with E-state index in [4.69, 9.17) is 15.2 Å². The number of aliphatic hydroxyl groups is 1. The standard InChI is InChI=1S/C16H25N3O3.HI/c1-21-13-4-3-12(9-14(13)22-2)5-8-18-15(17)19-10-16(11-20)6-7-16;/h3-4,9,20H,5-8,10-11H2,1-2H3,(H3,17,18,19);1H. The van der Waals surface area contributed by atoms with E-state index in [1.165, 1.54) is 0 Å². The van der Waals surface area contributed by atoms with Crippen molar-refractivity contribution in [1.29, 1.82) is 0 Å². The van der Waals surface area contributed by atoms with Crippen LogP contribution in [0, 0.1) is 5.41 Å². The van der Waals surface area contributed by atoms with Crippen LogP contribution < -0.4 is 20.5 Å². The maximum Gasteiger partial charge on any atom is 0.188 e. The van der Waals surface area contributed by atoms with E-state index in [2.05, 4.69) is 10.3 Å². The summed E-state index contributed by atoms with van der Waals surface area (Å²) in [7, 11) is 3.24. The molecule has 0 unspecified atom stereocenters. The van der Waals surface area contributed by atoms with E-state index >= 15 is 0 Å². The summed E-state index contributed by atoms with van der Waals surface area (Å²) in [6, 6.07) is 5.85. The van der Waals surface area contributed by atoms with Gasteiger partial charge in [0.15, 0.2) is 17.5 Å². The van der Waals surface area contributed by atoms with Gasteiger partial charge in [0, 0.05) is 12.0 Å². The molecule has 2 rings (SSSR count). The number of rotatable bonds is 8. The monoisotopic (exact) mass is 435 g/mol. The molecule has 1 aromatic carbocycles. The van der Waals surface area contributed by atoms with Gasteiger partial charge in [0.2, 0.25) is 0 Å². The molecule has 0 aromatic heterocycles. The lowest BCUT2D eigenvalue weighted by atomic mass is 10.1. The number of nitrogens with two attached hydrogens (primary N) is 1. The van der Waals surface area contributed by atoms with Crippen LogP contribution in [0.25, 0.3) is 0 Å². The molecule has 0 aliphatic heterocycles. The van der Waals surface area contributed by atoms with Crippen molar-refractivity contribution in [2.75, 3.05) is 33.9 Å². The summed E-state index contributed by atoms with van der Waals surface area (Å²) in [5.41, 5.74) is 6.97. The molecule has 1 aliphatic rings. The smallest absolute Gasteiger partial charge is 0.188 e. The van der Waals surface area contributed by atoms with Crippen LogP contribution in [0.3, 0.4) is 0 Å². The predicted octanol–water partition coefficient (Wildman–Crippen LogP) is 1.54. The van der Waals surface area contributed by atoms with Gasteiger partial charge in [-0.3, -0.25) is 4.99 Å². The van der Waals surface area contributed by atoms with Crippen molar-refractivity contribution in [1.82, 2.24) is 5.32 Å². The summed E-state index contributed by atoms with van der Waals surface area (Å²) >= 11 is 0. The van der Waals surface area contributed by atoms with E-state index in [1.807, 2.05) is 18.2 Å². The molecule has 7 heteroatoms. The van der Waals surface area contributed by atoms with E-state index in [0.717, 1.165) is 36.3 Å². The molecule has 1 saturated carbocycles. The number of nitrogens with one attached hydrogen (secondary N) is 1. The molecular formula is C16H26IN3O3. The first-order valence-corrected chi connectivity index (χ1v) is 7.48. The number of halogens is 1. The fourth-order valence-electron chi connectivity index (χ4n) is 2.22. The van der Waals surface area contributed by atoms with Gasteiger partial charge >= 0.3 is 0 Å². The summed E-state index contributed by atoms with van der Waals surface area (Å²) in [4.78, 5) is 4.30. The summed E-state index contributed by atoms with van der Waals surface area (Å²) in [5.74, 6) is 1.87. The van der Waals surface area contributed by atoms with Gasteiger partial charge in [0.05, 0.1) is 27.4 Å². The van der Waals surface area contributed by atoms with Crippen molar-refractivity contribution in [2.45, 2.75) is 19.3 Å². The maximum atomic E-state index is 9.23. The Morgan fingerprint density at radius 1 is 1.30 bits per heavy atom. The quantitative estimate of drug-likeness (QED) is 0.328. The molecule has 1 fully saturated rings. The number of guanidine groups is 1. The zero-order chi connectivity index (χ0) is 16.0. The van der Waals surface area contributed by atoms with Crippen molar-refractivity contribution in [3.8, 4) is 11.5 Å². The summed E-state index contributed by atoms with van der Waals surface area (Å²) in [6.45, 7) is 1.48. The molecule has 130 valence electrons. The minimum atomic E-state index is -0.00432. The molecule has 0 heterocycles. The van der Waals surface area contributed by atoms with Crippen LogP contribution >= 0.6 is 24.0 Å². The number of aliphatic imine (C=N–C) groups is 1. The van der Waals surface area contributed by atoms with Crippen molar-refractivity contribution in [3.63, 3.8) is 0 Å². The topological polar surface area (TPSA) is 89.1 Å². The molecule has 0 amide bonds. The van der Waals surface area contributed by atoms with Gasteiger partial charge in [-0.1, -0.05) is 6.07 Å². The van der Waals surface area contributed by atoms with Crippen molar-refractivity contribution < 1.29 is 14.6 Å². The van der Waals surface area contributed by atoms with E-state index in [9.17, 15) is 5.11 Å². The average molecular weight is 435 g/mol. The van der Waals surface area contributed by atoms with Crippen molar-refractivity contribution >= 4 is 29.9 Å². The highest BCUT2D eigenvalue weighted by atomic mass is 127. The minimum Gasteiger partial charge on any atom is -0.493 e. The Hall–Kier alpha value is -1.22. The normalized spacial score (nSPS) is 15.5. The van der Waals surface area contributed by atoms with E-state index in [0.29, 0.717) is 19.0 Å². The third-order valence-corrected chi connectivity index (χ3v) is 4.05. The second kappa shape index (κ2) is 9.17. The van der Waals surface area contributed by atoms with Crippen LogP contribution in [0.4, 0.5) is 0 Å². The lowest BCUT2D eigenvalue weighted by Gasteiger charge is -2.11. The Balaban J connectivity index is 0.00000264. The van der Waals surface area contributed by atoms with Gasteiger partial charge < -0.3 is 25.6 Å². The summed E-state index contributed by atoms with van der Waals surface area (Å²) in [6.07, 6.45) is 2.87. The highest BCUT2D eigenvalue weighted by molar-refractivity contribution is 14.0. The number of nitrogens with zero attached hydrogens (tertiary/aromatic N) is 1. The summed E-state index contributed by atoms with van der Waals surface area (Å²) < 4.78 is 10.5. The number of aliphatic hydroxyl groups excluding tert-OH is 1. The van der Waals surface area contributed by atoms with Crippen LogP contribution in [-0.2, 0) is 6.42 Å². The molecule has 0 spiro atoms. The first-order valence-electron chi connectivity index (χ1n) is 7.48. The number of ether oxygens (including phenoxy) is 2. The highest BCUT2D eigenvalue weighted by Gasteiger charge is 2.41. The van der Waals surface area contributed by atoms with Crippen molar-refractivity contribution in [3.05, 3.63) is 23.8 Å². The number of benzene rings is 1. The molecular weight excluding hydrogens is 409 g/mol. The van der Waals surface area contributed by atoms with Gasteiger partial charge in [0.25, 0.3) is 0 Å². The third-order valence-electron chi connectivity index (χ3n) is 4.05. The summed E-state index contributed by atoms with van der Waals surface area (Å²) in [5, 5.41) is 12.3. The zero-order valence-corrected chi connectivity index (χ0v) is 16.0. The molecule has 1 aliphatic carbocycles. The van der Waals surface area contributed by atoms with E-state index in [1.54, 1.807) is 14.2 Å². The van der Waals surface area contributed by atoms with Crippen LogP contribution in [0.2, 0.25) is 0 Å². The molecule has 0 saturated heterocycles. The van der Waals surface area contributed by atoms with Crippen LogP contribution in [0.5, 0.6) is 11.5 Å². The first-order chi connectivity index (χ1) is 10.6. The zero-order valence-electron chi connectivity index (χ0n) is 13.7. The number of methoxy groups -OCH3 is 2.